The van der Waals surface area contributed by atoms with Crippen molar-refractivity contribution in [3.63, 3.8) is 0 Å². The zero-order valence-corrected chi connectivity index (χ0v) is 11.7. The van der Waals surface area contributed by atoms with E-state index in [0.717, 1.165) is 19.4 Å². The van der Waals surface area contributed by atoms with E-state index in [0.29, 0.717) is 0 Å². The topological polar surface area (TPSA) is 102 Å². The number of halogens is 2. The summed E-state index contributed by atoms with van der Waals surface area (Å²) in [5, 5.41) is 9.74. The Bertz CT molecular complexity index is 453. The number of hydrogen-bond acceptors (Lipinski definition) is 3. The van der Waals surface area contributed by atoms with Crippen molar-refractivity contribution in [1.82, 2.24) is 5.32 Å². The Hall–Kier alpha value is -2.38. The van der Waals surface area contributed by atoms with Crippen LogP contribution in [0.1, 0.15) is 19.4 Å². The van der Waals surface area contributed by atoms with Crippen molar-refractivity contribution in [2.45, 2.75) is 32.4 Å². The van der Waals surface area contributed by atoms with E-state index in [1.165, 1.54) is 0 Å². The number of carboxylic acid groups (broad SMARTS) is 1. The molecule has 0 fully saturated rings. The van der Waals surface area contributed by atoms with Crippen LogP contribution in [-0.4, -0.2) is 29.3 Å². The fraction of sp³-hybridized carbons (Fsp3) is 0.385. The van der Waals surface area contributed by atoms with Gasteiger partial charge in [0.05, 0.1) is 5.54 Å². The Morgan fingerprint density at radius 2 is 1.86 bits per heavy atom. The van der Waals surface area contributed by atoms with Gasteiger partial charge in [0.15, 0.2) is 0 Å². The summed E-state index contributed by atoms with van der Waals surface area (Å²) >= 11 is 0. The van der Waals surface area contributed by atoms with Gasteiger partial charge in [0, 0.05) is 0 Å². The largest absolute Gasteiger partial charge is 0.465 e. The van der Waals surface area contributed by atoms with E-state index in [9.17, 15) is 18.4 Å². The van der Waals surface area contributed by atoms with Gasteiger partial charge in [-0.2, -0.15) is 0 Å². The fourth-order valence-corrected chi connectivity index (χ4v) is 1.06. The van der Waals surface area contributed by atoms with Crippen molar-refractivity contribution in [1.29, 1.82) is 0 Å². The summed E-state index contributed by atoms with van der Waals surface area (Å²) in [5.74, 6) is 0. The molecule has 0 aliphatic carbocycles. The third-order valence-electron chi connectivity index (χ3n) is 2.20. The zero-order chi connectivity index (χ0) is 16.5. The molecule has 0 heterocycles. The number of hydrogen-bond donors (Lipinski definition) is 3. The average Bonchev–Trinajstić information content (AvgIpc) is 2.36. The molecule has 0 unspecified atom stereocenters. The number of benzene rings is 1. The Labute approximate surface area is 120 Å². The van der Waals surface area contributed by atoms with E-state index in [1.807, 2.05) is 30.3 Å². The summed E-state index contributed by atoms with van der Waals surface area (Å²) in [5.41, 5.74) is 4.05. The van der Waals surface area contributed by atoms with Crippen LogP contribution in [0.2, 0.25) is 0 Å². The summed E-state index contributed by atoms with van der Waals surface area (Å²) < 4.78 is 28.3. The minimum Gasteiger partial charge on any atom is -0.465 e. The number of amides is 2. The second kappa shape index (κ2) is 8.72. The van der Waals surface area contributed by atoms with Crippen molar-refractivity contribution in [3.05, 3.63) is 35.9 Å². The lowest BCUT2D eigenvalue weighted by Crippen LogP contribution is -2.48. The molecule has 1 aromatic carbocycles. The lowest BCUT2D eigenvalue weighted by molar-refractivity contribution is 0.0509. The average molecular weight is 304 g/mol. The number of carbonyl (C=O) groups excluding carboxylic acids is 1. The van der Waals surface area contributed by atoms with E-state index in [1.54, 1.807) is 5.32 Å². The SMILES string of the molecule is CC(C)(NC(=O)O)C(F)F.NC(=O)OCc1ccccc1. The van der Waals surface area contributed by atoms with Crippen LogP contribution in [0.4, 0.5) is 18.4 Å². The second-order valence-electron chi connectivity index (χ2n) is 4.55. The molecular formula is C13H18F2N2O4. The predicted molar refractivity (Wildman–Crippen MR) is 72.1 cm³/mol. The minimum absolute atomic E-state index is 0.246. The molecule has 1 rings (SSSR count). The molecule has 6 nitrogen and oxygen atoms in total. The number of alkyl halides is 2. The Kier molecular flexibility index (Phi) is 7.74. The van der Waals surface area contributed by atoms with Crippen LogP contribution in [0.25, 0.3) is 0 Å². The van der Waals surface area contributed by atoms with Gasteiger partial charge in [-0.05, 0) is 19.4 Å². The number of nitrogens with one attached hydrogen (secondary N) is 1. The van der Waals surface area contributed by atoms with E-state index >= 15 is 0 Å². The van der Waals surface area contributed by atoms with Crippen LogP contribution in [0, 0.1) is 0 Å². The van der Waals surface area contributed by atoms with Crippen LogP contribution >= 0.6 is 0 Å². The first-order valence-corrected chi connectivity index (χ1v) is 5.90. The van der Waals surface area contributed by atoms with Crippen molar-refractivity contribution in [3.8, 4) is 0 Å². The van der Waals surface area contributed by atoms with Gasteiger partial charge < -0.3 is 20.9 Å². The molecule has 1 aromatic rings. The fourth-order valence-electron chi connectivity index (χ4n) is 1.06. The third-order valence-corrected chi connectivity index (χ3v) is 2.20. The normalized spacial score (nSPS) is 10.3. The Balaban J connectivity index is 0.000000384. The van der Waals surface area contributed by atoms with E-state index in [4.69, 9.17) is 10.8 Å². The molecule has 4 N–H and O–H groups in total. The van der Waals surface area contributed by atoms with Gasteiger partial charge in [-0.1, -0.05) is 30.3 Å². The highest BCUT2D eigenvalue weighted by atomic mass is 19.3. The first kappa shape index (κ1) is 18.6. The van der Waals surface area contributed by atoms with Crippen LogP contribution in [0.15, 0.2) is 30.3 Å². The molecule has 0 atom stereocenters. The minimum atomic E-state index is -2.69. The first-order chi connectivity index (χ1) is 9.65. The van der Waals surface area contributed by atoms with Gasteiger partial charge in [-0.3, -0.25) is 0 Å². The smallest absolute Gasteiger partial charge is 0.405 e. The Morgan fingerprint density at radius 1 is 1.33 bits per heavy atom. The lowest BCUT2D eigenvalue weighted by atomic mass is 10.1. The third kappa shape index (κ3) is 9.20. The molecule has 8 heteroatoms. The number of carbonyl (C=O) groups is 2. The van der Waals surface area contributed by atoms with Crippen molar-refractivity contribution >= 4 is 12.2 Å². The molecule has 2 amide bonds. The van der Waals surface area contributed by atoms with Gasteiger partial charge in [0.25, 0.3) is 6.43 Å². The van der Waals surface area contributed by atoms with Crippen molar-refractivity contribution in [2.75, 3.05) is 0 Å². The monoisotopic (exact) mass is 304 g/mol. The molecular weight excluding hydrogens is 286 g/mol. The first-order valence-electron chi connectivity index (χ1n) is 5.90. The summed E-state index contributed by atoms with van der Waals surface area (Å²) in [4.78, 5) is 20.0. The zero-order valence-electron chi connectivity index (χ0n) is 11.7. The van der Waals surface area contributed by atoms with E-state index in [-0.39, 0.29) is 6.61 Å². The lowest BCUT2D eigenvalue weighted by Gasteiger charge is -2.22. The Morgan fingerprint density at radius 3 is 2.19 bits per heavy atom. The maximum Gasteiger partial charge on any atom is 0.405 e. The molecule has 21 heavy (non-hydrogen) atoms. The summed E-state index contributed by atoms with van der Waals surface area (Å²) in [6.07, 6.45) is -4.87. The number of rotatable bonds is 4. The number of primary amides is 1. The highest BCUT2D eigenvalue weighted by Crippen LogP contribution is 2.13. The van der Waals surface area contributed by atoms with Crippen LogP contribution < -0.4 is 11.1 Å². The molecule has 0 aliphatic heterocycles. The van der Waals surface area contributed by atoms with Gasteiger partial charge in [-0.15, -0.1) is 0 Å². The molecule has 0 saturated heterocycles. The van der Waals surface area contributed by atoms with Crippen LogP contribution in [0.5, 0.6) is 0 Å². The summed E-state index contributed by atoms with van der Waals surface area (Å²) in [6, 6.07) is 9.37. The number of ether oxygens (including phenoxy) is 1. The van der Waals surface area contributed by atoms with Gasteiger partial charge in [0.1, 0.15) is 6.61 Å². The molecule has 0 aromatic heterocycles. The van der Waals surface area contributed by atoms with Crippen LogP contribution in [0.3, 0.4) is 0 Å². The maximum absolute atomic E-state index is 11.8. The highest BCUT2D eigenvalue weighted by Gasteiger charge is 2.30. The summed E-state index contributed by atoms with van der Waals surface area (Å²) in [6.45, 7) is 2.48. The van der Waals surface area contributed by atoms with Gasteiger partial charge in [-0.25, -0.2) is 18.4 Å². The quantitative estimate of drug-likeness (QED) is 0.795. The molecule has 0 aliphatic rings. The van der Waals surface area contributed by atoms with Gasteiger partial charge in [0.2, 0.25) is 0 Å². The predicted octanol–water partition coefficient (Wildman–Crippen LogP) is 2.58. The van der Waals surface area contributed by atoms with Crippen molar-refractivity contribution < 1.29 is 28.2 Å². The van der Waals surface area contributed by atoms with Crippen molar-refractivity contribution in [2.24, 2.45) is 5.73 Å². The molecule has 0 bridgehead atoms. The molecule has 0 spiro atoms. The van der Waals surface area contributed by atoms with Gasteiger partial charge >= 0.3 is 12.2 Å². The molecule has 118 valence electrons. The molecule has 0 saturated carbocycles. The van der Waals surface area contributed by atoms with Crippen LogP contribution in [-0.2, 0) is 11.3 Å². The number of nitrogens with two attached hydrogens (primary N) is 1. The van der Waals surface area contributed by atoms with E-state index in [2.05, 4.69) is 4.74 Å². The second-order valence-corrected chi connectivity index (χ2v) is 4.55. The standard InChI is InChI=1S/C8H9NO2.C5H9F2NO2/c9-8(10)11-6-7-4-2-1-3-5-7;1-5(2,3(6)7)8-4(9)10/h1-5H,6H2,(H2,9,10);3,8H,1-2H3,(H,9,10). The maximum atomic E-state index is 11.8. The molecule has 0 radical (unpaired) electrons. The van der Waals surface area contributed by atoms with E-state index < -0.39 is 24.2 Å². The summed E-state index contributed by atoms with van der Waals surface area (Å²) in [7, 11) is 0. The highest BCUT2D eigenvalue weighted by molar-refractivity contribution is 5.65.